The van der Waals surface area contributed by atoms with Gasteiger partial charge < -0.3 is 4.79 Å². The molecular weight excluding hydrogens is 241 g/mol. The molecule has 0 bridgehead atoms. The fourth-order valence-electron chi connectivity index (χ4n) is 2.13. The number of aryl methyl sites for hydroxylation is 2. The van der Waals surface area contributed by atoms with E-state index in [1.165, 1.54) is 6.07 Å². The summed E-state index contributed by atoms with van der Waals surface area (Å²) in [6.45, 7) is 3.64. The zero-order valence-corrected chi connectivity index (χ0v) is 11.1. The normalized spacial score (nSPS) is 12.2. The average Bonchev–Trinajstić information content (AvgIpc) is 2.41. The molecule has 0 aliphatic rings. The van der Waals surface area contributed by atoms with E-state index in [1.807, 2.05) is 19.1 Å². The van der Waals surface area contributed by atoms with Crippen molar-refractivity contribution >= 4 is 6.29 Å². The molecule has 1 aromatic carbocycles. The fraction of sp³-hybridized carbons (Fsp3) is 0.250. The second-order valence-electron chi connectivity index (χ2n) is 4.70. The zero-order chi connectivity index (χ0) is 13.8. The van der Waals surface area contributed by atoms with Gasteiger partial charge in [0, 0.05) is 24.2 Å². The van der Waals surface area contributed by atoms with E-state index in [-0.39, 0.29) is 11.7 Å². The van der Waals surface area contributed by atoms with Crippen LogP contribution in [0.15, 0.2) is 36.5 Å². The second-order valence-corrected chi connectivity index (χ2v) is 4.70. The van der Waals surface area contributed by atoms with Gasteiger partial charge in [-0.1, -0.05) is 18.2 Å². The van der Waals surface area contributed by atoms with Gasteiger partial charge in [-0.2, -0.15) is 0 Å². The first-order chi connectivity index (χ1) is 9.11. The van der Waals surface area contributed by atoms with Gasteiger partial charge in [0.2, 0.25) is 0 Å². The molecule has 0 saturated heterocycles. The minimum absolute atomic E-state index is 0.0649. The van der Waals surface area contributed by atoms with Crippen molar-refractivity contribution in [2.24, 2.45) is 0 Å². The number of hydrogen-bond acceptors (Lipinski definition) is 2. The summed E-state index contributed by atoms with van der Waals surface area (Å²) in [4.78, 5) is 15.1. The van der Waals surface area contributed by atoms with Crippen molar-refractivity contribution in [2.45, 2.75) is 26.2 Å². The number of hydrogen-bond donors (Lipinski definition) is 0. The summed E-state index contributed by atoms with van der Waals surface area (Å²) < 4.78 is 13.3. The van der Waals surface area contributed by atoms with Gasteiger partial charge in [-0.15, -0.1) is 0 Å². The highest BCUT2D eigenvalue weighted by Crippen LogP contribution is 2.28. The van der Waals surface area contributed by atoms with Crippen LogP contribution in [0.4, 0.5) is 4.39 Å². The fourth-order valence-corrected chi connectivity index (χ4v) is 2.13. The van der Waals surface area contributed by atoms with Crippen LogP contribution in [0.5, 0.6) is 0 Å². The van der Waals surface area contributed by atoms with E-state index in [0.29, 0.717) is 12.0 Å². The molecule has 2 nitrogen and oxygen atoms in total. The molecule has 3 heteroatoms. The van der Waals surface area contributed by atoms with Crippen molar-refractivity contribution in [3.63, 3.8) is 0 Å². The lowest BCUT2D eigenvalue weighted by molar-refractivity contribution is -0.108. The predicted octanol–water partition coefficient (Wildman–Crippen LogP) is 3.56. The van der Waals surface area contributed by atoms with Crippen molar-refractivity contribution in [1.82, 2.24) is 4.98 Å². The van der Waals surface area contributed by atoms with Crippen LogP contribution in [0.1, 0.15) is 34.7 Å². The Hall–Kier alpha value is -2.03. The topological polar surface area (TPSA) is 30.0 Å². The van der Waals surface area contributed by atoms with Crippen LogP contribution in [-0.2, 0) is 4.79 Å². The first-order valence-electron chi connectivity index (χ1n) is 6.24. The number of halogens is 1. The van der Waals surface area contributed by atoms with Gasteiger partial charge in [0.25, 0.3) is 0 Å². The van der Waals surface area contributed by atoms with E-state index in [4.69, 9.17) is 0 Å². The number of nitrogens with zero attached hydrogens (tertiary/aromatic N) is 1. The van der Waals surface area contributed by atoms with Gasteiger partial charge in [-0.25, -0.2) is 4.39 Å². The van der Waals surface area contributed by atoms with Gasteiger partial charge in [-0.3, -0.25) is 4.98 Å². The SMILES string of the molecule is Cc1ccc(C(CC=O)c2ccc(F)c(C)c2)cn1. The summed E-state index contributed by atoms with van der Waals surface area (Å²) in [5, 5.41) is 0. The molecule has 98 valence electrons. The molecule has 0 saturated carbocycles. The Labute approximate surface area is 112 Å². The predicted molar refractivity (Wildman–Crippen MR) is 72.6 cm³/mol. The zero-order valence-electron chi connectivity index (χ0n) is 11.1. The smallest absolute Gasteiger partial charge is 0.126 e. The second kappa shape index (κ2) is 5.74. The van der Waals surface area contributed by atoms with E-state index >= 15 is 0 Å². The molecule has 0 spiro atoms. The molecule has 2 rings (SSSR count). The van der Waals surface area contributed by atoms with E-state index < -0.39 is 0 Å². The van der Waals surface area contributed by atoms with E-state index in [0.717, 1.165) is 23.1 Å². The Balaban J connectivity index is 2.41. The highest BCUT2D eigenvalue weighted by atomic mass is 19.1. The molecule has 0 N–H and O–H groups in total. The lowest BCUT2D eigenvalue weighted by Crippen LogP contribution is -2.04. The standard InChI is InChI=1S/C16H16FNO/c1-11-9-13(5-6-16(11)17)15(7-8-19)14-4-3-12(2)18-10-14/h3-6,8-10,15H,7H2,1-2H3. The van der Waals surface area contributed by atoms with Crippen LogP contribution in [-0.4, -0.2) is 11.3 Å². The van der Waals surface area contributed by atoms with Crippen LogP contribution in [0.3, 0.4) is 0 Å². The average molecular weight is 257 g/mol. The molecular formula is C16H16FNO. The van der Waals surface area contributed by atoms with Crippen molar-refractivity contribution in [2.75, 3.05) is 0 Å². The number of aldehydes is 1. The number of pyridine rings is 1. The van der Waals surface area contributed by atoms with Crippen molar-refractivity contribution in [3.8, 4) is 0 Å². The van der Waals surface area contributed by atoms with Crippen molar-refractivity contribution in [3.05, 3.63) is 64.7 Å². The number of carbonyl (C=O) groups is 1. The van der Waals surface area contributed by atoms with Gasteiger partial charge in [0.15, 0.2) is 0 Å². The van der Waals surface area contributed by atoms with Gasteiger partial charge in [0.05, 0.1) is 0 Å². The highest BCUT2D eigenvalue weighted by Gasteiger charge is 2.15. The molecule has 0 radical (unpaired) electrons. The van der Waals surface area contributed by atoms with E-state index in [2.05, 4.69) is 4.98 Å². The largest absolute Gasteiger partial charge is 0.303 e. The monoisotopic (exact) mass is 257 g/mol. The van der Waals surface area contributed by atoms with Crippen LogP contribution in [0.25, 0.3) is 0 Å². The molecule has 0 fully saturated rings. The summed E-state index contributed by atoms with van der Waals surface area (Å²) in [6, 6.07) is 8.86. The maximum absolute atomic E-state index is 13.3. The molecule has 1 atom stereocenters. The van der Waals surface area contributed by atoms with Crippen molar-refractivity contribution in [1.29, 1.82) is 0 Å². The summed E-state index contributed by atoms with van der Waals surface area (Å²) in [6.07, 6.45) is 3.04. The van der Waals surface area contributed by atoms with E-state index in [9.17, 15) is 9.18 Å². The third-order valence-electron chi connectivity index (χ3n) is 3.25. The van der Waals surface area contributed by atoms with Crippen molar-refractivity contribution < 1.29 is 9.18 Å². The van der Waals surface area contributed by atoms with Crippen LogP contribution >= 0.6 is 0 Å². The molecule has 1 aromatic heterocycles. The van der Waals surface area contributed by atoms with Gasteiger partial charge in [-0.05, 0) is 42.7 Å². The highest BCUT2D eigenvalue weighted by molar-refractivity contribution is 5.54. The summed E-state index contributed by atoms with van der Waals surface area (Å²) >= 11 is 0. The summed E-state index contributed by atoms with van der Waals surface area (Å²) in [5.41, 5.74) is 3.44. The van der Waals surface area contributed by atoms with Gasteiger partial charge >= 0.3 is 0 Å². The number of benzene rings is 1. The Morgan fingerprint density at radius 2 is 1.95 bits per heavy atom. The minimum Gasteiger partial charge on any atom is -0.303 e. The summed E-state index contributed by atoms with van der Waals surface area (Å²) in [7, 11) is 0. The lowest BCUT2D eigenvalue weighted by atomic mass is 9.89. The van der Waals surface area contributed by atoms with Crippen LogP contribution in [0.2, 0.25) is 0 Å². The maximum Gasteiger partial charge on any atom is 0.126 e. The third-order valence-corrected chi connectivity index (χ3v) is 3.25. The molecule has 0 aliphatic carbocycles. The lowest BCUT2D eigenvalue weighted by Gasteiger charge is -2.16. The first-order valence-corrected chi connectivity index (χ1v) is 6.24. The maximum atomic E-state index is 13.3. The molecule has 2 aromatic rings. The quantitative estimate of drug-likeness (QED) is 0.784. The Morgan fingerprint density at radius 1 is 1.21 bits per heavy atom. The molecule has 0 amide bonds. The van der Waals surface area contributed by atoms with Crippen LogP contribution in [0, 0.1) is 19.7 Å². The number of carbonyl (C=O) groups excluding carboxylic acids is 1. The van der Waals surface area contributed by atoms with Crippen LogP contribution < -0.4 is 0 Å². The third kappa shape index (κ3) is 3.05. The minimum atomic E-state index is -0.226. The number of aromatic nitrogens is 1. The molecule has 1 unspecified atom stereocenters. The van der Waals surface area contributed by atoms with E-state index in [1.54, 1.807) is 25.3 Å². The van der Waals surface area contributed by atoms with Gasteiger partial charge in [0.1, 0.15) is 12.1 Å². The first kappa shape index (κ1) is 13.4. The Morgan fingerprint density at radius 3 is 2.53 bits per heavy atom. The Bertz CT molecular complexity index is 578. The number of rotatable bonds is 4. The Kier molecular flexibility index (Phi) is 4.05. The molecule has 19 heavy (non-hydrogen) atoms. The molecule has 1 heterocycles. The summed E-state index contributed by atoms with van der Waals surface area (Å²) in [5.74, 6) is -0.291. The molecule has 0 aliphatic heterocycles.